The lowest BCUT2D eigenvalue weighted by molar-refractivity contribution is 0.0946. The first kappa shape index (κ1) is 19.0. The summed E-state index contributed by atoms with van der Waals surface area (Å²) in [5.41, 5.74) is 1.05. The van der Waals surface area contributed by atoms with E-state index in [9.17, 15) is 4.79 Å². The molecule has 0 unspecified atom stereocenters. The van der Waals surface area contributed by atoms with Crippen LogP contribution in [0, 0.1) is 0 Å². The molecule has 0 aliphatic heterocycles. The van der Waals surface area contributed by atoms with E-state index in [1.807, 2.05) is 0 Å². The van der Waals surface area contributed by atoms with Gasteiger partial charge in [0.15, 0.2) is 10.8 Å². The molecule has 0 saturated heterocycles. The van der Waals surface area contributed by atoms with Crippen LogP contribution in [-0.2, 0) is 6.54 Å². The average Bonchev–Trinajstić information content (AvgIpc) is 3.10. The average molecular weight is 386 g/mol. The van der Waals surface area contributed by atoms with Crippen LogP contribution < -0.4 is 10.6 Å². The van der Waals surface area contributed by atoms with Crippen molar-refractivity contribution in [2.24, 2.45) is 0 Å². The van der Waals surface area contributed by atoms with E-state index in [4.69, 9.17) is 0 Å². The molecule has 10 heteroatoms. The second-order valence-electron chi connectivity index (χ2n) is 5.67. The standard InChI is InChI=1S/C17H22N8OS/c1-3-5-20-14-12-10-22-25(15(12)24-17(23-14)27-4-2)9-8-21-16(26)13-11-18-6-7-19-13/h6-7,10-11H,3-5,8-9H2,1-2H3,(H,21,26)(H,20,23,24). The minimum atomic E-state index is -0.262. The van der Waals surface area contributed by atoms with Crippen molar-refractivity contribution in [3.05, 3.63) is 30.5 Å². The number of rotatable bonds is 9. The Kier molecular flexibility index (Phi) is 6.53. The number of carbonyl (C=O) groups excluding carboxylic acids is 1. The normalized spacial score (nSPS) is 10.9. The summed E-state index contributed by atoms with van der Waals surface area (Å²) < 4.78 is 1.78. The van der Waals surface area contributed by atoms with Gasteiger partial charge in [0.25, 0.3) is 5.91 Å². The molecule has 0 spiro atoms. The van der Waals surface area contributed by atoms with Crippen LogP contribution in [0.1, 0.15) is 30.8 Å². The smallest absolute Gasteiger partial charge is 0.271 e. The molecule has 142 valence electrons. The van der Waals surface area contributed by atoms with Crippen LogP contribution in [-0.4, -0.2) is 54.5 Å². The number of hydrogen-bond donors (Lipinski definition) is 2. The number of nitrogens with zero attached hydrogens (tertiary/aromatic N) is 6. The molecule has 3 heterocycles. The topological polar surface area (TPSA) is 111 Å². The molecule has 3 aromatic rings. The van der Waals surface area contributed by atoms with Gasteiger partial charge in [0, 0.05) is 25.5 Å². The maximum atomic E-state index is 12.1. The molecule has 0 fully saturated rings. The summed E-state index contributed by atoms with van der Waals surface area (Å²) in [6, 6.07) is 0. The number of carbonyl (C=O) groups is 1. The van der Waals surface area contributed by atoms with E-state index < -0.39 is 0 Å². The highest BCUT2D eigenvalue weighted by molar-refractivity contribution is 7.99. The first-order chi connectivity index (χ1) is 13.2. The molecular weight excluding hydrogens is 364 g/mol. The van der Waals surface area contributed by atoms with Crippen LogP contribution >= 0.6 is 11.8 Å². The highest BCUT2D eigenvalue weighted by atomic mass is 32.2. The zero-order valence-electron chi connectivity index (χ0n) is 15.3. The second kappa shape index (κ2) is 9.26. The highest BCUT2D eigenvalue weighted by Gasteiger charge is 2.13. The Labute approximate surface area is 161 Å². The monoisotopic (exact) mass is 386 g/mol. The summed E-state index contributed by atoms with van der Waals surface area (Å²) in [6.45, 7) is 5.91. The van der Waals surface area contributed by atoms with E-state index in [1.54, 1.807) is 22.6 Å². The van der Waals surface area contributed by atoms with Crippen molar-refractivity contribution in [2.75, 3.05) is 24.2 Å². The van der Waals surface area contributed by atoms with Crippen molar-refractivity contribution in [3.8, 4) is 0 Å². The Morgan fingerprint density at radius 1 is 1.19 bits per heavy atom. The third-order valence-electron chi connectivity index (χ3n) is 3.70. The number of amides is 1. The maximum Gasteiger partial charge on any atom is 0.271 e. The first-order valence-corrected chi connectivity index (χ1v) is 9.86. The molecule has 0 bridgehead atoms. The molecule has 0 aliphatic rings. The Morgan fingerprint density at radius 3 is 2.81 bits per heavy atom. The Hall–Kier alpha value is -2.75. The zero-order chi connectivity index (χ0) is 19.1. The van der Waals surface area contributed by atoms with Crippen LogP contribution in [0.25, 0.3) is 11.0 Å². The molecular formula is C17H22N8OS. The molecule has 0 aromatic carbocycles. The Morgan fingerprint density at radius 2 is 2.07 bits per heavy atom. The SMILES string of the molecule is CCCNc1nc(SCC)nc2c1cnn2CCNC(=O)c1cnccn1. The zero-order valence-corrected chi connectivity index (χ0v) is 16.2. The van der Waals surface area contributed by atoms with Gasteiger partial charge in [-0.1, -0.05) is 25.6 Å². The molecule has 3 rings (SSSR count). The fourth-order valence-electron chi connectivity index (χ4n) is 2.45. The van der Waals surface area contributed by atoms with Gasteiger partial charge in [-0.3, -0.25) is 9.78 Å². The van der Waals surface area contributed by atoms with Gasteiger partial charge in [-0.15, -0.1) is 0 Å². The fraction of sp³-hybridized carbons (Fsp3) is 0.412. The van der Waals surface area contributed by atoms with Crippen molar-refractivity contribution in [2.45, 2.75) is 32.0 Å². The van der Waals surface area contributed by atoms with E-state index >= 15 is 0 Å². The molecule has 2 N–H and O–H groups in total. The van der Waals surface area contributed by atoms with Crippen LogP contribution in [0.2, 0.25) is 0 Å². The lowest BCUT2D eigenvalue weighted by atomic mass is 10.3. The summed E-state index contributed by atoms with van der Waals surface area (Å²) in [6.07, 6.45) is 7.22. The lowest BCUT2D eigenvalue weighted by Gasteiger charge is -2.09. The Bertz CT molecular complexity index is 899. The maximum absolute atomic E-state index is 12.1. The number of anilines is 1. The number of hydrogen-bond acceptors (Lipinski definition) is 8. The predicted molar refractivity (Wildman–Crippen MR) is 105 cm³/mol. The molecule has 3 aromatic heterocycles. The quantitative estimate of drug-likeness (QED) is 0.424. The van der Waals surface area contributed by atoms with E-state index in [0.717, 1.165) is 35.6 Å². The van der Waals surface area contributed by atoms with Gasteiger partial charge in [0.05, 0.1) is 24.3 Å². The first-order valence-electron chi connectivity index (χ1n) is 8.87. The highest BCUT2D eigenvalue weighted by Crippen LogP contribution is 2.24. The molecule has 0 atom stereocenters. The summed E-state index contributed by atoms with van der Waals surface area (Å²) in [7, 11) is 0. The number of thioether (sulfide) groups is 1. The molecule has 27 heavy (non-hydrogen) atoms. The van der Waals surface area contributed by atoms with Crippen molar-refractivity contribution in [3.63, 3.8) is 0 Å². The predicted octanol–water partition coefficient (Wildman–Crippen LogP) is 1.98. The van der Waals surface area contributed by atoms with Gasteiger partial charge < -0.3 is 10.6 Å². The van der Waals surface area contributed by atoms with Gasteiger partial charge >= 0.3 is 0 Å². The van der Waals surface area contributed by atoms with Crippen LogP contribution in [0.15, 0.2) is 29.9 Å². The minimum Gasteiger partial charge on any atom is -0.369 e. The van der Waals surface area contributed by atoms with Crippen LogP contribution in [0.4, 0.5) is 5.82 Å². The molecule has 0 radical (unpaired) electrons. The third kappa shape index (κ3) is 4.70. The number of aromatic nitrogens is 6. The van der Waals surface area contributed by atoms with Gasteiger partial charge in [-0.05, 0) is 12.2 Å². The largest absolute Gasteiger partial charge is 0.369 e. The fourth-order valence-corrected chi connectivity index (χ4v) is 3.02. The van der Waals surface area contributed by atoms with Crippen LogP contribution in [0.3, 0.4) is 0 Å². The van der Waals surface area contributed by atoms with E-state index in [2.05, 4.69) is 49.5 Å². The summed E-state index contributed by atoms with van der Waals surface area (Å²) in [5.74, 6) is 1.43. The van der Waals surface area contributed by atoms with E-state index in [-0.39, 0.29) is 11.6 Å². The van der Waals surface area contributed by atoms with Gasteiger partial charge in [0.2, 0.25) is 0 Å². The minimum absolute atomic E-state index is 0.262. The van der Waals surface area contributed by atoms with Crippen molar-refractivity contribution in [1.29, 1.82) is 0 Å². The van der Waals surface area contributed by atoms with Crippen LogP contribution in [0.5, 0.6) is 0 Å². The summed E-state index contributed by atoms with van der Waals surface area (Å²) in [5, 5.41) is 12.2. The second-order valence-corrected chi connectivity index (χ2v) is 6.90. The molecule has 9 nitrogen and oxygen atoms in total. The van der Waals surface area contributed by atoms with Gasteiger partial charge in [-0.2, -0.15) is 5.10 Å². The van der Waals surface area contributed by atoms with Crippen molar-refractivity contribution < 1.29 is 4.79 Å². The van der Waals surface area contributed by atoms with Gasteiger partial charge in [0.1, 0.15) is 11.5 Å². The summed E-state index contributed by atoms with van der Waals surface area (Å²) in [4.78, 5) is 29.2. The number of nitrogens with one attached hydrogen (secondary N) is 2. The van der Waals surface area contributed by atoms with Crippen molar-refractivity contribution in [1.82, 2.24) is 35.0 Å². The Balaban J connectivity index is 1.74. The third-order valence-corrected chi connectivity index (χ3v) is 4.43. The molecule has 1 amide bonds. The summed E-state index contributed by atoms with van der Waals surface area (Å²) >= 11 is 1.59. The van der Waals surface area contributed by atoms with E-state index in [0.29, 0.717) is 18.2 Å². The molecule has 0 saturated carbocycles. The lowest BCUT2D eigenvalue weighted by Crippen LogP contribution is -2.28. The van der Waals surface area contributed by atoms with E-state index in [1.165, 1.54) is 18.6 Å². The van der Waals surface area contributed by atoms with Gasteiger partial charge in [-0.25, -0.2) is 19.6 Å². The van der Waals surface area contributed by atoms with Crippen molar-refractivity contribution >= 4 is 34.5 Å². The molecule has 0 aliphatic carbocycles. The number of fused-ring (bicyclic) bond motifs is 1.